The molecule has 0 aliphatic heterocycles. The fourth-order valence-corrected chi connectivity index (χ4v) is 1.11. The Bertz CT molecular complexity index is 447. The highest BCUT2D eigenvalue weighted by Gasteiger charge is 2.63. The molecule has 0 spiro atoms. The summed E-state index contributed by atoms with van der Waals surface area (Å²) in [5, 5.41) is 8.12. The monoisotopic (exact) mass is 269 g/mol. The molecule has 8 heteroatoms. The first-order chi connectivity index (χ1) is 8.20. The summed E-state index contributed by atoms with van der Waals surface area (Å²) in [6, 6.07) is 3.21. The lowest BCUT2D eigenvalue weighted by Crippen LogP contribution is -2.40. The number of hydrogen-bond acceptors (Lipinski definition) is 2. The van der Waals surface area contributed by atoms with Gasteiger partial charge in [0.15, 0.2) is 6.17 Å². The zero-order valence-electron chi connectivity index (χ0n) is 8.51. The number of halogens is 6. The van der Waals surface area contributed by atoms with Crippen LogP contribution in [0, 0.1) is 11.5 Å². The Kier molecular flexibility index (Phi) is 3.74. The summed E-state index contributed by atoms with van der Waals surface area (Å²) in [5.74, 6) is -5.58. The Morgan fingerprint density at radius 2 is 1.56 bits per heavy atom. The number of benzene rings is 1. The van der Waals surface area contributed by atoms with E-state index in [2.05, 4.69) is 4.74 Å². The van der Waals surface area contributed by atoms with Gasteiger partial charge in [-0.2, -0.15) is 22.0 Å². The fourth-order valence-electron chi connectivity index (χ4n) is 1.11. The molecule has 0 radical (unpaired) electrons. The molecule has 1 rings (SSSR count). The van der Waals surface area contributed by atoms with Crippen molar-refractivity contribution in [3.8, 4) is 12.0 Å². The third kappa shape index (κ3) is 2.67. The standard InChI is InChI=1S/C10H5F6NO/c11-8(9(12,13)10(14,15)16)6-1-3-7(4-2-6)18-5-17/h1-4,8H. The first kappa shape index (κ1) is 14.2. The van der Waals surface area contributed by atoms with E-state index >= 15 is 0 Å². The summed E-state index contributed by atoms with van der Waals surface area (Å²) in [5.41, 5.74) is -0.859. The van der Waals surface area contributed by atoms with Crippen LogP contribution in [0.1, 0.15) is 11.7 Å². The number of nitriles is 1. The van der Waals surface area contributed by atoms with Gasteiger partial charge in [-0.1, -0.05) is 12.1 Å². The third-order valence-electron chi connectivity index (χ3n) is 2.03. The normalized spacial score (nSPS) is 13.8. The van der Waals surface area contributed by atoms with Gasteiger partial charge in [0.25, 0.3) is 6.26 Å². The van der Waals surface area contributed by atoms with Crippen LogP contribution in [-0.4, -0.2) is 12.1 Å². The first-order valence-corrected chi connectivity index (χ1v) is 4.44. The van der Waals surface area contributed by atoms with Crippen LogP contribution in [0.15, 0.2) is 24.3 Å². The molecule has 0 heterocycles. The Hall–Kier alpha value is -1.91. The van der Waals surface area contributed by atoms with Crippen LogP contribution in [0.2, 0.25) is 0 Å². The van der Waals surface area contributed by atoms with Gasteiger partial charge in [-0.3, -0.25) is 0 Å². The van der Waals surface area contributed by atoms with E-state index in [1.165, 1.54) is 6.26 Å². The zero-order chi connectivity index (χ0) is 14.0. The molecule has 1 aromatic rings. The topological polar surface area (TPSA) is 33.0 Å². The summed E-state index contributed by atoms with van der Waals surface area (Å²) in [7, 11) is 0. The molecule has 1 aromatic carbocycles. The number of nitrogens with zero attached hydrogens (tertiary/aromatic N) is 1. The van der Waals surface area contributed by atoms with Gasteiger partial charge in [0.2, 0.25) is 0 Å². The Labute approximate surface area is 97.4 Å². The van der Waals surface area contributed by atoms with Gasteiger partial charge in [-0.15, -0.1) is 5.26 Å². The molecule has 0 aliphatic rings. The van der Waals surface area contributed by atoms with Crippen molar-refractivity contribution in [2.45, 2.75) is 18.3 Å². The summed E-state index contributed by atoms with van der Waals surface area (Å²) in [6.07, 6.45) is -8.23. The van der Waals surface area contributed by atoms with E-state index in [1.54, 1.807) is 0 Å². The second-order valence-electron chi connectivity index (χ2n) is 3.25. The van der Waals surface area contributed by atoms with Gasteiger partial charge in [0.1, 0.15) is 5.75 Å². The maximum atomic E-state index is 13.2. The smallest absolute Gasteiger partial charge is 0.388 e. The van der Waals surface area contributed by atoms with Crippen LogP contribution in [-0.2, 0) is 0 Å². The molecular formula is C10H5F6NO. The Morgan fingerprint density at radius 1 is 1.06 bits per heavy atom. The van der Waals surface area contributed by atoms with Crippen LogP contribution in [0.5, 0.6) is 5.75 Å². The van der Waals surface area contributed by atoms with Gasteiger partial charge < -0.3 is 4.74 Å². The highest BCUT2D eigenvalue weighted by Crippen LogP contribution is 2.46. The summed E-state index contributed by atoms with van der Waals surface area (Å²) < 4.78 is 78.5. The summed E-state index contributed by atoms with van der Waals surface area (Å²) in [6.45, 7) is 0. The van der Waals surface area contributed by atoms with E-state index in [0.29, 0.717) is 12.1 Å². The fraction of sp³-hybridized carbons (Fsp3) is 0.300. The van der Waals surface area contributed by atoms with Gasteiger partial charge in [0.05, 0.1) is 0 Å². The van der Waals surface area contributed by atoms with Crippen molar-refractivity contribution < 1.29 is 31.1 Å². The largest absolute Gasteiger partial charge is 0.456 e. The first-order valence-electron chi connectivity index (χ1n) is 4.44. The molecular weight excluding hydrogens is 264 g/mol. The quantitative estimate of drug-likeness (QED) is 0.618. The molecule has 0 saturated heterocycles. The van der Waals surface area contributed by atoms with Crippen molar-refractivity contribution in [3.63, 3.8) is 0 Å². The molecule has 1 unspecified atom stereocenters. The Balaban J connectivity index is 2.98. The predicted molar refractivity (Wildman–Crippen MR) is 47.5 cm³/mol. The lowest BCUT2D eigenvalue weighted by molar-refractivity contribution is -0.305. The number of rotatable bonds is 3. The molecule has 1 atom stereocenters. The van der Waals surface area contributed by atoms with E-state index in [9.17, 15) is 26.3 Å². The molecule has 0 aromatic heterocycles. The van der Waals surface area contributed by atoms with E-state index in [1.807, 2.05) is 0 Å². The van der Waals surface area contributed by atoms with E-state index in [-0.39, 0.29) is 5.75 Å². The van der Waals surface area contributed by atoms with Gasteiger partial charge in [0, 0.05) is 0 Å². The number of alkyl halides is 6. The van der Waals surface area contributed by atoms with E-state index in [4.69, 9.17) is 5.26 Å². The second kappa shape index (κ2) is 4.76. The minimum atomic E-state index is -5.98. The van der Waals surface area contributed by atoms with Crippen LogP contribution >= 0.6 is 0 Å². The number of ether oxygens (including phenoxy) is 1. The maximum absolute atomic E-state index is 13.2. The minimum absolute atomic E-state index is 0.0937. The van der Waals surface area contributed by atoms with Crippen LogP contribution in [0.3, 0.4) is 0 Å². The molecule has 0 amide bonds. The molecule has 0 bridgehead atoms. The van der Waals surface area contributed by atoms with Crippen molar-refractivity contribution in [2.75, 3.05) is 0 Å². The molecule has 18 heavy (non-hydrogen) atoms. The predicted octanol–water partition coefficient (Wildman–Crippen LogP) is 3.75. The Morgan fingerprint density at radius 3 is 1.94 bits per heavy atom. The maximum Gasteiger partial charge on any atom is 0.456 e. The lowest BCUT2D eigenvalue weighted by atomic mass is 10.0. The molecule has 0 saturated carbocycles. The highest BCUT2D eigenvalue weighted by atomic mass is 19.4. The van der Waals surface area contributed by atoms with E-state index < -0.39 is 23.8 Å². The highest BCUT2D eigenvalue weighted by molar-refractivity contribution is 5.30. The third-order valence-corrected chi connectivity index (χ3v) is 2.03. The van der Waals surface area contributed by atoms with Crippen molar-refractivity contribution in [1.82, 2.24) is 0 Å². The SMILES string of the molecule is N#COc1ccc(C(F)C(F)(F)C(F)(F)F)cc1. The average molecular weight is 269 g/mol. The summed E-state index contributed by atoms with van der Waals surface area (Å²) >= 11 is 0. The zero-order valence-corrected chi connectivity index (χ0v) is 8.51. The number of hydrogen-bond donors (Lipinski definition) is 0. The van der Waals surface area contributed by atoms with Crippen molar-refractivity contribution >= 4 is 0 Å². The molecule has 98 valence electrons. The summed E-state index contributed by atoms with van der Waals surface area (Å²) in [4.78, 5) is 0. The molecule has 0 N–H and O–H groups in total. The average Bonchev–Trinajstić information content (AvgIpc) is 2.28. The van der Waals surface area contributed by atoms with Gasteiger partial charge in [-0.25, -0.2) is 4.39 Å². The van der Waals surface area contributed by atoms with Crippen LogP contribution < -0.4 is 4.74 Å². The van der Waals surface area contributed by atoms with E-state index in [0.717, 1.165) is 12.1 Å². The lowest BCUT2D eigenvalue weighted by Gasteiger charge is -2.23. The second-order valence-corrected chi connectivity index (χ2v) is 3.25. The van der Waals surface area contributed by atoms with Crippen LogP contribution in [0.4, 0.5) is 26.3 Å². The minimum Gasteiger partial charge on any atom is -0.388 e. The van der Waals surface area contributed by atoms with Crippen molar-refractivity contribution in [3.05, 3.63) is 29.8 Å². The van der Waals surface area contributed by atoms with Crippen LogP contribution in [0.25, 0.3) is 0 Å². The molecule has 2 nitrogen and oxygen atoms in total. The van der Waals surface area contributed by atoms with Crippen molar-refractivity contribution in [1.29, 1.82) is 5.26 Å². The van der Waals surface area contributed by atoms with Gasteiger partial charge in [-0.05, 0) is 17.7 Å². The molecule has 0 fully saturated rings. The van der Waals surface area contributed by atoms with Gasteiger partial charge >= 0.3 is 12.1 Å². The molecule has 0 aliphatic carbocycles. The van der Waals surface area contributed by atoms with Crippen molar-refractivity contribution in [2.24, 2.45) is 0 Å².